The Labute approximate surface area is 116 Å². The summed E-state index contributed by atoms with van der Waals surface area (Å²) < 4.78 is 7.25. The predicted octanol–water partition coefficient (Wildman–Crippen LogP) is 0.207. The van der Waals surface area contributed by atoms with Crippen LogP contribution in [0.1, 0.15) is 19.4 Å². The number of nitrogens with zero attached hydrogens (tertiary/aromatic N) is 2. The van der Waals surface area contributed by atoms with Crippen LogP contribution in [-0.2, 0) is 16.1 Å². The van der Waals surface area contributed by atoms with Crippen molar-refractivity contribution in [1.82, 2.24) is 9.13 Å². The van der Waals surface area contributed by atoms with Crippen molar-refractivity contribution in [2.24, 2.45) is 0 Å². The lowest BCUT2D eigenvalue weighted by molar-refractivity contribution is -0.140. The summed E-state index contributed by atoms with van der Waals surface area (Å²) in [6.45, 7) is 2.24. The van der Waals surface area contributed by atoms with E-state index in [4.69, 9.17) is 9.84 Å². The first-order valence-electron chi connectivity index (χ1n) is 5.77. The fourth-order valence-electron chi connectivity index (χ4n) is 1.69. The molecule has 7 nitrogen and oxygen atoms in total. The SMILES string of the molecule is CC(C(=O)O)n1cc(Br)c(=O)n(CC[C@H]2CO2)c1=O. The third-order valence-electron chi connectivity index (χ3n) is 3.01. The normalized spacial score (nSPS) is 19.2. The minimum Gasteiger partial charge on any atom is -0.480 e. The van der Waals surface area contributed by atoms with Crippen LogP contribution in [0.2, 0.25) is 0 Å². The summed E-state index contributed by atoms with van der Waals surface area (Å²) >= 11 is 3.05. The van der Waals surface area contributed by atoms with Gasteiger partial charge in [0.1, 0.15) is 6.04 Å². The van der Waals surface area contributed by atoms with Gasteiger partial charge in [-0.15, -0.1) is 0 Å². The second-order valence-electron chi connectivity index (χ2n) is 4.38. The molecule has 2 atom stereocenters. The Morgan fingerprint density at radius 1 is 1.63 bits per heavy atom. The highest BCUT2D eigenvalue weighted by Crippen LogP contribution is 2.14. The number of halogens is 1. The quantitative estimate of drug-likeness (QED) is 0.778. The van der Waals surface area contributed by atoms with Gasteiger partial charge in [-0.3, -0.25) is 13.9 Å². The van der Waals surface area contributed by atoms with Gasteiger partial charge in [-0.1, -0.05) is 0 Å². The standard InChI is InChI=1S/C11H13BrN2O5/c1-6(10(16)17)14-4-8(12)9(15)13(11(14)18)3-2-7-5-19-7/h4,6-7H,2-3,5H2,1H3,(H,16,17)/t6?,7-/m0/s1. The third-order valence-corrected chi connectivity index (χ3v) is 3.55. The number of hydrogen-bond donors (Lipinski definition) is 1. The number of hydrogen-bond acceptors (Lipinski definition) is 4. The van der Waals surface area contributed by atoms with E-state index in [9.17, 15) is 14.4 Å². The van der Waals surface area contributed by atoms with E-state index in [0.29, 0.717) is 13.0 Å². The van der Waals surface area contributed by atoms with Crippen LogP contribution in [0.3, 0.4) is 0 Å². The highest BCUT2D eigenvalue weighted by Gasteiger charge is 2.24. The zero-order chi connectivity index (χ0) is 14.2. The van der Waals surface area contributed by atoms with Crippen molar-refractivity contribution in [3.05, 3.63) is 31.5 Å². The Balaban J connectivity index is 2.42. The number of rotatable bonds is 5. The number of carboxylic acids is 1. The Bertz CT molecular complexity index is 616. The molecule has 0 radical (unpaired) electrons. The smallest absolute Gasteiger partial charge is 0.331 e. The van der Waals surface area contributed by atoms with Crippen LogP contribution in [0, 0.1) is 0 Å². The lowest BCUT2D eigenvalue weighted by Crippen LogP contribution is -2.42. The first-order valence-corrected chi connectivity index (χ1v) is 6.57. The van der Waals surface area contributed by atoms with Gasteiger partial charge in [0.2, 0.25) is 0 Å². The highest BCUT2D eigenvalue weighted by molar-refractivity contribution is 9.10. The van der Waals surface area contributed by atoms with Crippen molar-refractivity contribution in [3.8, 4) is 0 Å². The molecule has 1 aromatic rings. The summed E-state index contributed by atoms with van der Waals surface area (Å²) in [7, 11) is 0. The lowest BCUT2D eigenvalue weighted by Gasteiger charge is -2.13. The molecule has 1 saturated heterocycles. The molecule has 19 heavy (non-hydrogen) atoms. The number of carbonyl (C=O) groups is 1. The fraction of sp³-hybridized carbons (Fsp3) is 0.545. The maximum Gasteiger partial charge on any atom is 0.331 e. The van der Waals surface area contributed by atoms with Crippen LogP contribution in [0.4, 0.5) is 0 Å². The maximum absolute atomic E-state index is 12.1. The number of aliphatic carboxylic acids is 1. The van der Waals surface area contributed by atoms with Crippen molar-refractivity contribution in [2.45, 2.75) is 32.0 Å². The van der Waals surface area contributed by atoms with Gasteiger partial charge in [-0.2, -0.15) is 0 Å². The van der Waals surface area contributed by atoms with E-state index in [1.807, 2.05) is 0 Å². The zero-order valence-corrected chi connectivity index (χ0v) is 11.8. The van der Waals surface area contributed by atoms with E-state index in [1.165, 1.54) is 13.1 Å². The van der Waals surface area contributed by atoms with E-state index >= 15 is 0 Å². The molecule has 0 aliphatic carbocycles. The number of aromatic nitrogens is 2. The van der Waals surface area contributed by atoms with Crippen LogP contribution in [-0.4, -0.2) is 32.9 Å². The topological polar surface area (TPSA) is 93.8 Å². The average molecular weight is 333 g/mol. The molecule has 1 N–H and O–H groups in total. The molecule has 1 fully saturated rings. The number of carboxylic acid groups (broad SMARTS) is 1. The highest BCUT2D eigenvalue weighted by atomic mass is 79.9. The van der Waals surface area contributed by atoms with E-state index in [-0.39, 0.29) is 17.1 Å². The largest absolute Gasteiger partial charge is 0.480 e. The van der Waals surface area contributed by atoms with Crippen molar-refractivity contribution in [1.29, 1.82) is 0 Å². The van der Waals surface area contributed by atoms with Gasteiger partial charge >= 0.3 is 11.7 Å². The third kappa shape index (κ3) is 2.95. The summed E-state index contributed by atoms with van der Waals surface area (Å²) in [6, 6.07) is -1.03. The monoisotopic (exact) mass is 332 g/mol. The first-order chi connectivity index (χ1) is 8.91. The van der Waals surface area contributed by atoms with E-state index in [1.54, 1.807) is 0 Å². The Kier molecular flexibility index (Phi) is 3.91. The maximum atomic E-state index is 12.1. The second kappa shape index (κ2) is 5.30. The minimum atomic E-state index is -1.13. The van der Waals surface area contributed by atoms with Crippen LogP contribution in [0.15, 0.2) is 20.3 Å². The van der Waals surface area contributed by atoms with Crippen molar-refractivity contribution in [3.63, 3.8) is 0 Å². The summed E-state index contributed by atoms with van der Waals surface area (Å²) in [5, 5.41) is 8.96. The molecule has 104 valence electrons. The average Bonchev–Trinajstić information content (AvgIpc) is 3.16. The second-order valence-corrected chi connectivity index (χ2v) is 5.24. The van der Waals surface area contributed by atoms with Crippen LogP contribution in [0.25, 0.3) is 0 Å². The van der Waals surface area contributed by atoms with Gasteiger partial charge in [-0.25, -0.2) is 9.59 Å². The number of ether oxygens (including phenoxy) is 1. The van der Waals surface area contributed by atoms with Crippen molar-refractivity contribution >= 4 is 21.9 Å². The van der Waals surface area contributed by atoms with Gasteiger partial charge in [0.25, 0.3) is 5.56 Å². The minimum absolute atomic E-state index is 0.0932. The predicted molar refractivity (Wildman–Crippen MR) is 69.4 cm³/mol. The molecule has 2 heterocycles. The molecule has 1 aliphatic heterocycles. The fourth-order valence-corrected chi connectivity index (χ4v) is 2.12. The summed E-state index contributed by atoms with van der Waals surface area (Å²) in [5.74, 6) is -1.13. The van der Waals surface area contributed by atoms with E-state index in [2.05, 4.69) is 15.9 Å². The summed E-state index contributed by atoms with van der Waals surface area (Å²) in [5.41, 5.74) is -1.08. The Morgan fingerprint density at radius 2 is 2.26 bits per heavy atom. The molecule has 1 aliphatic rings. The van der Waals surface area contributed by atoms with Gasteiger partial charge < -0.3 is 9.84 Å². The van der Waals surface area contributed by atoms with E-state index < -0.39 is 23.3 Å². The summed E-state index contributed by atoms with van der Waals surface area (Å²) in [6.07, 6.45) is 1.87. The van der Waals surface area contributed by atoms with Crippen LogP contribution >= 0.6 is 15.9 Å². The molecule has 0 saturated carbocycles. The molecule has 0 amide bonds. The molecule has 1 aromatic heterocycles. The molecule has 0 bridgehead atoms. The van der Waals surface area contributed by atoms with Gasteiger partial charge in [0.05, 0.1) is 17.2 Å². The number of epoxide rings is 1. The summed E-state index contributed by atoms with van der Waals surface area (Å²) in [4.78, 5) is 35.0. The van der Waals surface area contributed by atoms with Gasteiger partial charge in [0, 0.05) is 12.7 Å². The molecular weight excluding hydrogens is 320 g/mol. The Hall–Kier alpha value is -1.41. The molecule has 2 rings (SSSR count). The lowest BCUT2D eigenvalue weighted by atomic mass is 10.3. The zero-order valence-electron chi connectivity index (χ0n) is 10.2. The van der Waals surface area contributed by atoms with Crippen molar-refractivity contribution < 1.29 is 14.6 Å². The molecule has 8 heteroatoms. The van der Waals surface area contributed by atoms with Crippen LogP contribution in [0.5, 0.6) is 0 Å². The Morgan fingerprint density at radius 3 is 2.79 bits per heavy atom. The molecular formula is C11H13BrN2O5. The molecule has 1 unspecified atom stereocenters. The van der Waals surface area contributed by atoms with E-state index in [0.717, 1.165) is 9.13 Å². The van der Waals surface area contributed by atoms with Gasteiger partial charge in [-0.05, 0) is 29.3 Å². The van der Waals surface area contributed by atoms with Crippen LogP contribution < -0.4 is 11.2 Å². The molecule has 0 aromatic carbocycles. The van der Waals surface area contributed by atoms with Crippen molar-refractivity contribution in [2.75, 3.05) is 6.61 Å². The molecule has 0 spiro atoms. The van der Waals surface area contributed by atoms with Gasteiger partial charge in [0.15, 0.2) is 0 Å². The first kappa shape index (κ1) is 14.0.